The number of ether oxygens (including phenoxy) is 2. The van der Waals surface area contributed by atoms with E-state index in [-0.39, 0.29) is 0 Å². The van der Waals surface area contributed by atoms with Gasteiger partial charge in [-0.05, 0) is 18.6 Å². The third-order valence-corrected chi connectivity index (χ3v) is 2.36. The second kappa shape index (κ2) is 10.1. The van der Waals surface area contributed by atoms with E-state index in [0.717, 1.165) is 25.3 Å². The van der Waals surface area contributed by atoms with Gasteiger partial charge in [0.05, 0.1) is 19.8 Å². The number of nitrogens with one attached hydrogen (secondary N) is 1. The minimum atomic E-state index is 0.681. The van der Waals surface area contributed by atoms with Crippen molar-refractivity contribution in [3.63, 3.8) is 0 Å². The van der Waals surface area contributed by atoms with Gasteiger partial charge in [0.15, 0.2) is 0 Å². The van der Waals surface area contributed by atoms with E-state index in [1.807, 2.05) is 30.3 Å². The molecule has 1 aromatic rings. The Morgan fingerprint density at radius 2 is 1.65 bits per heavy atom. The SMILES string of the molecule is CCCCOCCOCCNc1ccccc1. The Morgan fingerprint density at radius 1 is 0.941 bits per heavy atom. The summed E-state index contributed by atoms with van der Waals surface area (Å²) in [6, 6.07) is 10.1. The number of rotatable bonds is 10. The van der Waals surface area contributed by atoms with Crippen molar-refractivity contribution >= 4 is 5.69 Å². The summed E-state index contributed by atoms with van der Waals surface area (Å²) in [7, 11) is 0. The Bertz CT molecular complexity index is 264. The summed E-state index contributed by atoms with van der Waals surface area (Å²) in [4.78, 5) is 0. The molecule has 0 aliphatic carbocycles. The average molecular weight is 237 g/mol. The number of para-hydroxylation sites is 1. The van der Waals surface area contributed by atoms with E-state index in [4.69, 9.17) is 9.47 Å². The number of anilines is 1. The molecule has 17 heavy (non-hydrogen) atoms. The zero-order valence-electron chi connectivity index (χ0n) is 10.7. The fraction of sp³-hybridized carbons (Fsp3) is 0.571. The molecule has 3 heteroatoms. The zero-order chi connectivity index (χ0) is 12.2. The van der Waals surface area contributed by atoms with E-state index in [9.17, 15) is 0 Å². The lowest BCUT2D eigenvalue weighted by Gasteiger charge is -2.07. The summed E-state index contributed by atoms with van der Waals surface area (Å²) in [6.07, 6.45) is 2.32. The molecular formula is C14H23NO2. The molecule has 0 spiro atoms. The van der Waals surface area contributed by atoms with Gasteiger partial charge in [0.1, 0.15) is 0 Å². The maximum atomic E-state index is 5.45. The van der Waals surface area contributed by atoms with Gasteiger partial charge in [0, 0.05) is 18.8 Å². The van der Waals surface area contributed by atoms with Crippen LogP contribution in [0.1, 0.15) is 19.8 Å². The largest absolute Gasteiger partial charge is 0.383 e. The second-order valence-electron chi connectivity index (χ2n) is 3.87. The molecule has 0 unspecified atom stereocenters. The van der Waals surface area contributed by atoms with Gasteiger partial charge in [-0.15, -0.1) is 0 Å². The van der Waals surface area contributed by atoms with Crippen molar-refractivity contribution in [2.45, 2.75) is 19.8 Å². The van der Waals surface area contributed by atoms with Crippen LogP contribution in [-0.4, -0.2) is 33.0 Å². The topological polar surface area (TPSA) is 30.5 Å². The quantitative estimate of drug-likeness (QED) is 0.635. The molecule has 0 amide bonds. The lowest BCUT2D eigenvalue weighted by atomic mass is 10.3. The molecule has 0 saturated carbocycles. The van der Waals surface area contributed by atoms with Gasteiger partial charge in [0.25, 0.3) is 0 Å². The van der Waals surface area contributed by atoms with Crippen LogP contribution >= 0.6 is 0 Å². The van der Waals surface area contributed by atoms with E-state index in [1.165, 1.54) is 6.42 Å². The van der Waals surface area contributed by atoms with Gasteiger partial charge in [-0.3, -0.25) is 0 Å². The normalized spacial score (nSPS) is 10.4. The Labute approximate surface area is 104 Å². The van der Waals surface area contributed by atoms with E-state index < -0.39 is 0 Å². The molecule has 0 heterocycles. The van der Waals surface area contributed by atoms with Crippen LogP contribution in [0.5, 0.6) is 0 Å². The maximum absolute atomic E-state index is 5.45. The van der Waals surface area contributed by atoms with Crippen LogP contribution in [-0.2, 0) is 9.47 Å². The smallest absolute Gasteiger partial charge is 0.0701 e. The van der Waals surface area contributed by atoms with Crippen molar-refractivity contribution in [1.82, 2.24) is 0 Å². The molecule has 1 N–H and O–H groups in total. The minimum absolute atomic E-state index is 0.681. The predicted molar refractivity (Wildman–Crippen MR) is 71.5 cm³/mol. The molecular weight excluding hydrogens is 214 g/mol. The number of unbranched alkanes of at least 4 members (excludes halogenated alkanes) is 1. The molecule has 1 aromatic carbocycles. The van der Waals surface area contributed by atoms with Crippen molar-refractivity contribution in [2.75, 3.05) is 38.3 Å². The fourth-order valence-electron chi connectivity index (χ4n) is 1.39. The highest BCUT2D eigenvalue weighted by molar-refractivity contribution is 5.42. The molecule has 0 fully saturated rings. The lowest BCUT2D eigenvalue weighted by Crippen LogP contribution is -2.12. The standard InChI is InChI=1S/C14H23NO2/c1-2-3-10-16-12-13-17-11-9-15-14-7-5-4-6-8-14/h4-8,15H,2-3,9-13H2,1H3. The van der Waals surface area contributed by atoms with Crippen LogP contribution in [0.3, 0.4) is 0 Å². The molecule has 0 radical (unpaired) electrons. The molecule has 0 aliphatic rings. The summed E-state index contributed by atoms with van der Waals surface area (Å²) in [6.45, 7) is 5.94. The Balaban J connectivity index is 1.85. The summed E-state index contributed by atoms with van der Waals surface area (Å²) in [5, 5.41) is 3.29. The number of hydrogen-bond acceptors (Lipinski definition) is 3. The van der Waals surface area contributed by atoms with Crippen molar-refractivity contribution in [1.29, 1.82) is 0 Å². The van der Waals surface area contributed by atoms with Crippen LogP contribution < -0.4 is 5.32 Å². The first-order valence-electron chi connectivity index (χ1n) is 6.38. The van der Waals surface area contributed by atoms with Crippen LogP contribution in [0, 0.1) is 0 Å². The Hall–Kier alpha value is -1.06. The van der Waals surface area contributed by atoms with Crippen molar-refractivity contribution in [3.05, 3.63) is 30.3 Å². The third kappa shape index (κ3) is 7.77. The summed E-state index contributed by atoms with van der Waals surface area (Å²) < 4.78 is 10.8. The van der Waals surface area contributed by atoms with Crippen LogP contribution in [0.25, 0.3) is 0 Å². The predicted octanol–water partition coefficient (Wildman–Crippen LogP) is 2.93. The van der Waals surface area contributed by atoms with Gasteiger partial charge < -0.3 is 14.8 Å². The summed E-state index contributed by atoms with van der Waals surface area (Å²) in [5.74, 6) is 0. The summed E-state index contributed by atoms with van der Waals surface area (Å²) >= 11 is 0. The Morgan fingerprint density at radius 3 is 2.35 bits per heavy atom. The van der Waals surface area contributed by atoms with Crippen LogP contribution in [0.2, 0.25) is 0 Å². The van der Waals surface area contributed by atoms with Gasteiger partial charge in [-0.1, -0.05) is 31.5 Å². The first kappa shape index (κ1) is 14.0. The van der Waals surface area contributed by atoms with Gasteiger partial charge in [-0.2, -0.15) is 0 Å². The van der Waals surface area contributed by atoms with Crippen molar-refractivity contribution in [2.24, 2.45) is 0 Å². The zero-order valence-corrected chi connectivity index (χ0v) is 10.7. The maximum Gasteiger partial charge on any atom is 0.0701 e. The molecule has 1 rings (SSSR count). The summed E-state index contributed by atoms with van der Waals surface area (Å²) in [5.41, 5.74) is 1.13. The molecule has 0 aromatic heterocycles. The van der Waals surface area contributed by atoms with E-state index in [2.05, 4.69) is 12.2 Å². The third-order valence-electron chi connectivity index (χ3n) is 2.36. The lowest BCUT2D eigenvalue weighted by molar-refractivity contribution is 0.0505. The van der Waals surface area contributed by atoms with Gasteiger partial charge in [0.2, 0.25) is 0 Å². The fourth-order valence-corrected chi connectivity index (χ4v) is 1.39. The highest BCUT2D eigenvalue weighted by Crippen LogP contribution is 2.03. The van der Waals surface area contributed by atoms with E-state index >= 15 is 0 Å². The Kier molecular flexibility index (Phi) is 8.33. The second-order valence-corrected chi connectivity index (χ2v) is 3.87. The molecule has 0 saturated heterocycles. The number of benzene rings is 1. The van der Waals surface area contributed by atoms with E-state index in [1.54, 1.807) is 0 Å². The van der Waals surface area contributed by atoms with Crippen molar-refractivity contribution < 1.29 is 9.47 Å². The van der Waals surface area contributed by atoms with Crippen LogP contribution in [0.15, 0.2) is 30.3 Å². The molecule has 0 bridgehead atoms. The van der Waals surface area contributed by atoms with Crippen molar-refractivity contribution in [3.8, 4) is 0 Å². The monoisotopic (exact) mass is 237 g/mol. The minimum Gasteiger partial charge on any atom is -0.383 e. The van der Waals surface area contributed by atoms with Crippen LogP contribution in [0.4, 0.5) is 5.69 Å². The van der Waals surface area contributed by atoms with Gasteiger partial charge >= 0.3 is 0 Å². The number of hydrogen-bond donors (Lipinski definition) is 1. The molecule has 96 valence electrons. The first-order chi connectivity index (χ1) is 8.43. The average Bonchev–Trinajstić information content (AvgIpc) is 2.38. The highest BCUT2D eigenvalue weighted by Gasteiger charge is 1.91. The molecule has 3 nitrogen and oxygen atoms in total. The first-order valence-corrected chi connectivity index (χ1v) is 6.38. The van der Waals surface area contributed by atoms with E-state index in [0.29, 0.717) is 19.8 Å². The molecule has 0 atom stereocenters. The van der Waals surface area contributed by atoms with Gasteiger partial charge in [-0.25, -0.2) is 0 Å². The molecule has 0 aliphatic heterocycles. The highest BCUT2D eigenvalue weighted by atomic mass is 16.5.